The van der Waals surface area contributed by atoms with Crippen LogP contribution in [0.1, 0.15) is 11.9 Å². The van der Waals surface area contributed by atoms with E-state index in [1.54, 1.807) is 12.4 Å². The standard InChI is InChI=1S/C10H12N4O4/c15-3-5-6(16)7(17)8(18-5)10-11-1-4-2-12-14-9(4)13-10/h1-2,5-8,15-17H,3H2,(H,11,12,13,14)/t5-,6-,7-,8-/m1/s1. The summed E-state index contributed by atoms with van der Waals surface area (Å²) in [5.74, 6) is 0.245. The summed E-state index contributed by atoms with van der Waals surface area (Å²) in [5.41, 5.74) is 0.526. The monoisotopic (exact) mass is 252 g/mol. The van der Waals surface area contributed by atoms with Crippen LogP contribution in [-0.4, -0.2) is 60.4 Å². The lowest BCUT2D eigenvalue weighted by atomic mass is 10.1. The average Bonchev–Trinajstić information content (AvgIpc) is 2.95. The van der Waals surface area contributed by atoms with E-state index in [2.05, 4.69) is 20.2 Å². The van der Waals surface area contributed by atoms with Crippen molar-refractivity contribution in [2.75, 3.05) is 6.61 Å². The SMILES string of the molecule is OC[C@H]1O[C@@H](c2ncc3cn[nH]c3n2)[C@H](O)[C@@H]1O. The molecule has 0 aliphatic carbocycles. The topological polar surface area (TPSA) is 124 Å². The van der Waals surface area contributed by atoms with Crippen LogP contribution in [0.4, 0.5) is 0 Å². The lowest BCUT2D eigenvalue weighted by Crippen LogP contribution is -2.32. The average molecular weight is 252 g/mol. The Bertz CT molecular complexity index is 560. The molecule has 4 N–H and O–H groups in total. The van der Waals surface area contributed by atoms with Crippen LogP contribution in [0.3, 0.4) is 0 Å². The van der Waals surface area contributed by atoms with Crippen molar-refractivity contribution in [2.45, 2.75) is 24.4 Å². The first-order chi connectivity index (χ1) is 8.70. The lowest BCUT2D eigenvalue weighted by Gasteiger charge is -2.12. The Hall–Kier alpha value is -1.61. The van der Waals surface area contributed by atoms with Gasteiger partial charge >= 0.3 is 0 Å². The van der Waals surface area contributed by atoms with E-state index in [0.29, 0.717) is 5.65 Å². The number of aliphatic hydroxyl groups excluding tert-OH is 3. The van der Waals surface area contributed by atoms with Gasteiger partial charge in [-0.1, -0.05) is 0 Å². The zero-order chi connectivity index (χ0) is 12.7. The molecule has 18 heavy (non-hydrogen) atoms. The summed E-state index contributed by atoms with van der Waals surface area (Å²) in [4.78, 5) is 8.23. The zero-order valence-corrected chi connectivity index (χ0v) is 9.26. The Labute approximate surface area is 101 Å². The number of aromatic nitrogens is 4. The molecule has 8 heteroatoms. The van der Waals surface area contributed by atoms with E-state index >= 15 is 0 Å². The fourth-order valence-corrected chi connectivity index (χ4v) is 2.00. The number of aliphatic hydroxyl groups is 3. The number of fused-ring (bicyclic) bond motifs is 1. The highest BCUT2D eigenvalue weighted by Gasteiger charge is 2.44. The van der Waals surface area contributed by atoms with E-state index in [1.807, 2.05) is 0 Å². The van der Waals surface area contributed by atoms with E-state index in [9.17, 15) is 10.2 Å². The Morgan fingerprint density at radius 3 is 2.83 bits per heavy atom. The van der Waals surface area contributed by atoms with E-state index in [4.69, 9.17) is 9.84 Å². The molecule has 4 atom stereocenters. The summed E-state index contributed by atoms with van der Waals surface area (Å²) in [6.07, 6.45) is -0.869. The lowest BCUT2D eigenvalue weighted by molar-refractivity contribution is -0.0252. The summed E-state index contributed by atoms with van der Waals surface area (Å²) >= 11 is 0. The van der Waals surface area contributed by atoms with Crippen molar-refractivity contribution in [3.05, 3.63) is 18.2 Å². The molecule has 0 radical (unpaired) electrons. The van der Waals surface area contributed by atoms with Gasteiger partial charge in [0.15, 0.2) is 11.5 Å². The second-order valence-electron chi connectivity index (χ2n) is 4.16. The van der Waals surface area contributed by atoms with Gasteiger partial charge in [0.2, 0.25) is 0 Å². The van der Waals surface area contributed by atoms with Crippen molar-refractivity contribution in [2.24, 2.45) is 0 Å². The molecular formula is C10H12N4O4. The van der Waals surface area contributed by atoms with Gasteiger partial charge in [-0.15, -0.1) is 0 Å². The van der Waals surface area contributed by atoms with E-state index in [1.165, 1.54) is 0 Å². The molecule has 3 heterocycles. The van der Waals surface area contributed by atoms with Crippen LogP contribution in [0, 0.1) is 0 Å². The highest BCUT2D eigenvalue weighted by atomic mass is 16.6. The van der Waals surface area contributed by atoms with Crippen LogP contribution >= 0.6 is 0 Å². The van der Waals surface area contributed by atoms with Gasteiger partial charge < -0.3 is 20.1 Å². The summed E-state index contributed by atoms with van der Waals surface area (Å²) in [6.45, 7) is -0.374. The molecular weight excluding hydrogens is 240 g/mol. The second kappa shape index (κ2) is 4.25. The van der Waals surface area contributed by atoms with Gasteiger partial charge in [0.1, 0.15) is 24.4 Å². The van der Waals surface area contributed by atoms with Crippen LogP contribution < -0.4 is 0 Å². The molecule has 0 unspecified atom stereocenters. The van der Waals surface area contributed by atoms with Crippen LogP contribution in [0.25, 0.3) is 11.0 Å². The fourth-order valence-electron chi connectivity index (χ4n) is 2.00. The number of nitrogens with one attached hydrogen (secondary N) is 1. The minimum Gasteiger partial charge on any atom is -0.394 e. The normalized spacial score (nSPS) is 32.2. The van der Waals surface area contributed by atoms with Gasteiger partial charge in [0, 0.05) is 6.20 Å². The largest absolute Gasteiger partial charge is 0.394 e. The van der Waals surface area contributed by atoms with Crippen LogP contribution in [0.5, 0.6) is 0 Å². The summed E-state index contributed by atoms with van der Waals surface area (Å²) in [5, 5.41) is 35.7. The maximum Gasteiger partial charge on any atom is 0.162 e. The molecule has 3 rings (SSSR count). The highest BCUT2D eigenvalue weighted by Crippen LogP contribution is 2.31. The molecule has 8 nitrogen and oxygen atoms in total. The molecule has 1 fully saturated rings. The maximum absolute atomic E-state index is 9.84. The Morgan fingerprint density at radius 1 is 1.28 bits per heavy atom. The van der Waals surface area contributed by atoms with Gasteiger partial charge in [-0.3, -0.25) is 5.10 Å². The minimum atomic E-state index is -1.16. The molecule has 0 spiro atoms. The van der Waals surface area contributed by atoms with Crippen molar-refractivity contribution >= 4 is 11.0 Å². The van der Waals surface area contributed by atoms with Crippen LogP contribution in [-0.2, 0) is 4.74 Å². The smallest absolute Gasteiger partial charge is 0.162 e. The number of hydrogen-bond donors (Lipinski definition) is 4. The van der Waals surface area contributed by atoms with Crippen molar-refractivity contribution in [3.8, 4) is 0 Å². The molecule has 1 saturated heterocycles. The van der Waals surface area contributed by atoms with Crippen molar-refractivity contribution in [1.29, 1.82) is 0 Å². The van der Waals surface area contributed by atoms with E-state index in [-0.39, 0.29) is 12.4 Å². The number of ether oxygens (including phenoxy) is 1. The first kappa shape index (κ1) is 11.5. The molecule has 2 aromatic heterocycles. The summed E-state index contributed by atoms with van der Waals surface area (Å²) < 4.78 is 5.34. The first-order valence-corrected chi connectivity index (χ1v) is 5.49. The molecule has 1 aliphatic heterocycles. The molecule has 0 bridgehead atoms. The van der Waals surface area contributed by atoms with Crippen molar-refractivity contribution in [3.63, 3.8) is 0 Å². The molecule has 0 saturated carbocycles. The minimum absolute atomic E-state index is 0.245. The number of hydrogen-bond acceptors (Lipinski definition) is 7. The predicted molar refractivity (Wildman–Crippen MR) is 58.4 cm³/mol. The van der Waals surface area contributed by atoms with Crippen LogP contribution in [0.2, 0.25) is 0 Å². The van der Waals surface area contributed by atoms with Gasteiger partial charge in [0.05, 0.1) is 18.2 Å². The second-order valence-corrected chi connectivity index (χ2v) is 4.16. The Balaban J connectivity index is 1.94. The molecule has 0 aromatic carbocycles. The Kier molecular flexibility index (Phi) is 2.71. The third-order valence-electron chi connectivity index (χ3n) is 3.01. The van der Waals surface area contributed by atoms with Crippen LogP contribution in [0.15, 0.2) is 12.4 Å². The van der Waals surface area contributed by atoms with Gasteiger partial charge in [-0.2, -0.15) is 5.10 Å². The number of rotatable bonds is 2. The van der Waals surface area contributed by atoms with E-state index < -0.39 is 24.4 Å². The number of nitrogens with zero attached hydrogens (tertiary/aromatic N) is 3. The Morgan fingerprint density at radius 2 is 2.11 bits per heavy atom. The summed E-state index contributed by atoms with van der Waals surface area (Å²) in [7, 11) is 0. The zero-order valence-electron chi connectivity index (χ0n) is 9.26. The van der Waals surface area contributed by atoms with E-state index in [0.717, 1.165) is 5.39 Å². The fraction of sp³-hybridized carbons (Fsp3) is 0.500. The molecule has 0 amide bonds. The highest BCUT2D eigenvalue weighted by molar-refractivity contribution is 5.72. The van der Waals surface area contributed by atoms with Crippen molar-refractivity contribution in [1.82, 2.24) is 20.2 Å². The molecule has 2 aromatic rings. The van der Waals surface area contributed by atoms with Crippen molar-refractivity contribution < 1.29 is 20.1 Å². The van der Waals surface area contributed by atoms with Gasteiger partial charge in [-0.05, 0) is 0 Å². The third-order valence-corrected chi connectivity index (χ3v) is 3.01. The third kappa shape index (κ3) is 1.66. The van der Waals surface area contributed by atoms with Gasteiger partial charge in [-0.25, -0.2) is 9.97 Å². The number of aromatic amines is 1. The first-order valence-electron chi connectivity index (χ1n) is 5.49. The van der Waals surface area contributed by atoms with Gasteiger partial charge in [0.25, 0.3) is 0 Å². The maximum atomic E-state index is 9.84. The summed E-state index contributed by atoms with van der Waals surface area (Å²) in [6, 6.07) is 0. The molecule has 1 aliphatic rings. The molecule has 96 valence electrons. The quantitative estimate of drug-likeness (QED) is 0.513. The number of H-pyrrole nitrogens is 1. The predicted octanol–water partition coefficient (Wildman–Crippen LogP) is -1.49.